The van der Waals surface area contributed by atoms with E-state index in [1.165, 1.54) is 17.7 Å². The second-order valence-electron chi connectivity index (χ2n) is 4.41. The number of aryl methyl sites for hydroxylation is 2. The smallest absolute Gasteiger partial charge is 0.0521 e. The van der Waals surface area contributed by atoms with Gasteiger partial charge in [-0.25, -0.2) is 0 Å². The lowest BCUT2D eigenvalue weighted by Gasteiger charge is -2.30. The Labute approximate surface area is 85.5 Å². The van der Waals surface area contributed by atoms with Crippen LogP contribution in [-0.2, 0) is 7.05 Å². The molecule has 2 heterocycles. The first-order valence-electron chi connectivity index (χ1n) is 5.39. The van der Waals surface area contributed by atoms with E-state index in [0.29, 0.717) is 5.92 Å². The standard InChI is InChI=1S/C11H19N3/c1-8-6-12-5-4-10(8)11-9(2)7-13-14(11)3/h7-8,10,12H,4-6H2,1-3H3/t8-,10-/m1/s1. The van der Waals surface area contributed by atoms with Crippen molar-refractivity contribution in [3.05, 3.63) is 17.5 Å². The SMILES string of the molecule is Cc1cnn(C)c1[C@@H]1CCNC[C@H]1C. The molecule has 1 saturated heterocycles. The summed E-state index contributed by atoms with van der Waals surface area (Å²) >= 11 is 0. The van der Waals surface area contributed by atoms with E-state index in [-0.39, 0.29) is 0 Å². The summed E-state index contributed by atoms with van der Waals surface area (Å²) in [6, 6.07) is 0. The third kappa shape index (κ3) is 1.57. The molecule has 1 aromatic heterocycles. The van der Waals surface area contributed by atoms with E-state index < -0.39 is 0 Å². The number of hydrogen-bond acceptors (Lipinski definition) is 2. The summed E-state index contributed by atoms with van der Waals surface area (Å²) in [5.41, 5.74) is 2.77. The van der Waals surface area contributed by atoms with Gasteiger partial charge in [0.1, 0.15) is 0 Å². The fourth-order valence-corrected chi connectivity index (χ4v) is 2.51. The van der Waals surface area contributed by atoms with Crippen LogP contribution in [0.2, 0.25) is 0 Å². The van der Waals surface area contributed by atoms with Gasteiger partial charge in [-0.05, 0) is 37.9 Å². The average Bonchev–Trinajstić information content (AvgIpc) is 2.48. The Hall–Kier alpha value is -0.830. The highest BCUT2D eigenvalue weighted by atomic mass is 15.3. The molecule has 0 radical (unpaired) electrons. The Bertz CT molecular complexity index is 297. The van der Waals surface area contributed by atoms with E-state index in [2.05, 4.69) is 31.3 Å². The molecule has 1 aromatic rings. The molecule has 0 aliphatic carbocycles. The minimum absolute atomic E-state index is 0.684. The van der Waals surface area contributed by atoms with Crippen molar-refractivity contribution in [3.8, 4) is 0 Å². The monoisotopic (exact) mass is 193 g/mol. The number of nitrogens with zero attached hydrogens (tertiary/aromatic N) is 2. The van der Waals surface area contributed by atoms with Crippen molar-refractivity contribution in [1.29, 1.82) is 0 Å². The van der Waals surface area contributed by atoms with Gasteiger partial charge in [-0.1, -0.05) is 6.92 Å². The Morgan fingerprint density at radius 2 is 2.36 bits per heavy atom. The van der Waals surface area contributed by atoms with E-state index >= 15 is 0 Å². The molecular formula is C11H19N3. The van der Waals surface area contributed by atoms with Gasteiger partial charge in [-0.15, -0.1) is 0 Å². The highest BCUT2D eigenvalue weighted by Crippen LogP contribution is 2.31. The molecule has 0 amide bonds. The van der Waals surface area contributed by atoms with E-state index in [4.69, 9.17) is 0 Å². The van der Waals surface area contributed by atoms with E-state index in [1.54, 1.807) is 0 Å². The molecule has 14 heavy (non-hydrogen) atoms. The van der Waals surface area contributed by atoms with Gasteiger partial charge in [0.25, 0.3) is 0 Å². The van der Waals surface area contributed by atoms with Gasteiger partial charge in [0.05, 0.1) is 6.20 Å². The molecule has 1 aliphatic heterocycles. The fourth-order valence-electron chi connectivity index (χ4n) is 2.51. The Kier molecular flexibility index (Phi) is 2.59. The quantitative estimate of drug-likeness (QED) is 0.731. The number of hydrogen-bond donors (Lipinski definition) is 1. The van der Waals surface area contributed by atoms with Gasteiger partial charge in [-0.3, -0.25) is 4.68 Å². The van der Waals surface area contributed by atoms with Crippen LogP contribution in [0, 0.1) is 12.8 Å². The molecular weight excluding hydrogens is 174 g/mol. The molecule has 2 rings (SSSR count). The van der Waals surface area contributed by atoms with Crippen LogP contribution < -0.4 is 5.32 Å². The minimum Gasteiger partial charge on any atom is -0.316 e. The summed E-state index contributed by atoms with van der Waals surface area (Å²) in [7, 11) is 2.05. The fraction of sp³-hybridized carbons (Fsp3) is 0.727. The van der Waals surface area contributed by atoms with Crippen LogP contribution in [0.1, 0.15) is 30.5 Å². The summed E-state index contributed by atoms with van der Waals surface area (Å²) in [6.07, 6.45) is 3.21. The van der Waals surface area contributed by atoms with E-state index in [1.807, 2.05) is 10.9 Å². The highest BCUT2D eigenvalue weighted by Gasteiger charge is 2.26. The van der Waals surface area contributed by atoms with Crippen LogP contribution in [0.4, 0.5) is 0 Å². The summed E-state index contributed by atoms with van der Waals surface area (Å²) in [6.45, 7) is 6.76. The topological polar surface area (TPSA) is 29.9 Å². The van der Waals surface area contributed by atoms with Gasteiger partial charge in [-0.2, -0.15) is 5.10 Å². The van der Waals surface area contributed by atoms with Gasteiger partial charge in [0.15, 0.2) is 0 Å². The van der Waals surface area contributed by atoms with Gasteiger partial charge in [0, 0.05) is 18.7 Å². The second kappa shape index (κ2) is 3.73. The zero-order valence-electron chi connectivity index (χ0n) is 9.25. The van der Waals surface area contributed by atoms with Crippen LogP contribution in [0.25, 0.3) is 0 Å². The lowest BCUT2D eigenvalue weighted by atomic mass is 9.84. The van der Waals surface area contributed by atoms with Crippen LogP contribution >= 0.6 is 0 Å². The van der Waals surface area contributed by atoms with Gasteiger partial charge < -0.3 is 5.32 Å². The van der Waals surface area contributed by atoms with Crippen molar-refractivity contribution in [3.63, 3.8) is 0 Å². The molecule has 0 spiro atoms. The predicted octanol–water partition coefficient (Wildman–Crippen LogP) is 1.44. The molecule has 0 saturated carbocycles. The van der Waals surface area contributed by atoms with Crippen molar-refractivity contribution < 1.29 is 0 Å². The first kappa shape index (κ1) is 9.71. The maximum Gasteiger partial charge on any atom is 0.0521 e. The molecule has 3 nitrogen and oxygen atoms in total. The first-order chi connectivity index (χ1) is 6.70. The summed E-state index contributed by atoms with van der Waals surface area (Å²) < 4.78 is 2.04. The van der Waals surface area contributed by atoms with Gasteiger partial charge >= 0.3 is 0 Å². The maximum absolute atomic E-state index is 4.32. The van der Waals surface area contributed by atoms with E-state index in [0.717, 1.165) is 19.0 Å². The lowest BCUT2D eigenvalue weighted by molar-refractivity contribution is 0.335. The van der Waals surface area contributed by atoms with Crippen molar-refractivity contribution >= 4 is 0 Å². The predicted molar refractivity (Wildman–Crippen MR) is 57.3 cm³/mol. The average molecular weight is 193 g/mol. The van der Waals surface area contributed by atoms with Crippen molar-refractivity contribution in [2.24, 2.45) is 13.0 Å². The lowest BCUT2D eigenvalue weighted by Crippen LogP contribution is -2.34. The summed E-state index contributed by atoms with van der Waals surface area (Å²) in [5, 5.41) is 7.76. The van der Waals surface area contributed by atoms with Crippen LogP contribution in [0.3, 0.4) is 0 Å². The summed E-state index contributed by atoms with van der Waals surface area (Å²) in [5.74, 6) is 1.40. The van der Waals surface area contributed by atoms with Crippen LogP contribution in [0.15, 0.2) is 6.20 Å². The molecule has 78 valence electrons. The van der Waals surface area contributed by atoms with Crippen molar-refractivity contribution in [1.82, 2.24) is 15.1 Å². The summed E-state index contributed by atoms with van der Waals surface area (Å²) in [4.78, 5) is 0. The zero-order chi connectivity index (χ0) is 10.1. The molecule has 0 unspecified atom stereocenters. The highest BCUT2D eigenvalue weighted by molar-refractivity contribution is 5.21. The van der Waals surface area contributed by atoms with E-state index in [9.17, 15) is 0 Å². The Morgan fingerprint density at radius 3 is 2.93 bits per heavy atom. The normalized spacial score (nSPS) is 27.9. The number of nitrogens with one attached hydrogen (secondary N) is 1. The van der Waals surface area contributed by atoms with Crippen LogP contribution in [-0.4, -0.2) is 22.9 Å². The van der Waals surface area contributed by atoms with Crippen LogP contribution in [0.5, 0.6) is 0 Å². The third-order valence-electron chi connectivity index (χ3n) is 3.31. The molecule has 3 heteroatoms. The molecule has 1 fully saturated rings. The van der Waals surface area contributed by atoms with Gasteiger partial charge in [0.2, 0.25) is 0 Å². The second-order valence-corrected chi connectivity index (χ2v) is 4.41. The zero-order valence-corrected chi connectivity index (χ0v) is 9.25. The van der Waals surface area contributed by atoms with Crippen molar-refractivity contribution in [2.45, 2.75) is 26.2 Å². The number of piperidine rings is 1. The third-order valence-corrected chi connectivity index (χ3v) is 3.31. The molecule has 0 aromatic carbocycles. The maximum atomic E-state index is 4.32. The molecule has 1 aliphatic rings. The molecule has 1 N–H and O–H groups in total. The number of rotatable bonds is 1. The largest absolute Gasteiger partial charge is 0.316 e. The van der Waals surface area contributed by atoms with Crippen molar-refractivity contribution in [2.75, 3.05) is 13.1 Å². The Balaban J connectivity index is 2.28. The first-order valence-corrected chi connectivity index (χ1v) is 5.39. The number of aromatic nitrogens is 2. The minimum atomic E-state index is 0.684. The molecule has 2 atom stereocenters. The molecule has 0 bridgehead atoms. The Morgan fingerprint density at radius 1 is 1.57 bits per heavy atom.